The molecule has 0 aliphatic heterocycles. The molecular weight excluding hydrogens is 371 g/mol. The third-order valence-corrected chi connectivity index (χ3v) is 4.01. The molecule has 0 aliphatic rings. The Hall–Kier alpha value is -1.42. The van der Waals surface area contributed by atoms with Gasteiger partial charge in [0.2, 0.25) is 0 Å². The second kappa shape index (κ2) is 6.14. The van der Waals surface area contributed by atoms with Gasteiger partial charge in [-0.05, 0) is 17.7 Å². The average molecular weight is 380 g/mol. The van der Waals surface area contributed by atoms with E-state index in [-0.39, 0.29) is 0 Å². The van der Waals surface area contributed by atoms with E-state index >= 15 is 0 Å². The van der Waals surface area contributed by atoms with Gasteiger partial charge in [-0.25, -0.2) is 9.97 Å². The van der Waals surface area contributed by atoms with Crippen LogP contribution in [-0.4, -0.2) is 9.97 Å². The number of nitrogens with zero attached hydrogens (tertiary/aromatic N) is 2. The summed E-state index contributed by atoms with van der Waals surface area (Å²) in [4.78, 5) is 8.73. The first kappa shape index (κ1) is 14.5. The topological polar surface area (TPSA) is 25.8 Å². The fourth-order valence-corrected chi connectivity index (χ4v) is 3.01. The van der Waals surface area contributed by atoms with Gasteiger partial charge in [0.25, 0.3) is 0 Å². The third kappa shape index (κ3) is 3.10. The summed E-state index contributed by atoms with van der Waals surface area (Å²) in [5.41, 5.74) is 2.39. The van der Waals surface area contributed by atoms with E-state index in [1.165, 1.54) is 0 Å². The van der Waals surface area contributed by atoms with Crippen molar-refractivity contribution in [2.75, 3.05) is 0 Å². The molecule has 21 heavy (non-hydrogen) atoms. The van der Waals surface area contributed by atoms with Crippen molar-refractivity contribution in [2.24, 2.45) is 0 Å². The Morgan fingerprint density at radius 3 is 2.00 bits per heavy atom. The normalized spacial score (nSPS) is 10.6. The first-order valence-corrected chi connectivity index (χ1v) is 7.74. The number of hydrogen-bond donors (Lipinski definition) is 0. The lowest BCUT2D eigenvalue weighted by Gasteiger charge is -2.09. The van der Waals surface area contributed by atoms with Crippen LogP contribution in [0, 0.1) is 0 Å². The van der Waals surface area contributed by atoms with Crippen molar-refractivity contribution in [3.05, 3.63) is 69.4 Å². The largest absolute Gasteiger partial charge is 0.216 e. The zero-order valence-corrected chi connectivity index (χ0v) is 13.8. The van der Waals surface area contributed by atoms with E-state index < -0.39 is 0 Å². The zero-order chi connectivity index (χ0) is 14.8. The van der Waals surface area contributed by atoms with Crippen LogP contribution in [0.1, 0.15) is 0 Å². The molecule has 3 rings (SSSR count). The minimum absolute atomic E-state index is 0.340. The summed E-state index contributed by atoms with van der Waals surface area (Å²) in [5.74, 6) is 0.518. The van der Waals surface area contributed by atoms with Crippen molar-refractivity contribution in [3.63, 3.8) is 0 Å². The number of hydrogen-bond acceptors (Lipinski definition) is 2. The lowest BCUT2D eigenvalue weighted by Crippen LogP contribution is -1.94. The fourth-order valence-electron chi connectivity index (χ4n) is 2.01. The molecule has 1 aromatic heterocycles. The van der Waals surface area contributed by atoms with Gasteiger partial charge in [-0.15, -0.1) is 0 Å². The van der Waals surface area contributed by atoms with E-state index in [2.05, 4.69) is 25.9 Å². The third-order valence-electron chi connectivity index (χ3n) is 2.97. The second-order valence-electron chi connectivity index (χ2n) is 4.38. The number of aromatic nitrogens is 2. The highest BCUT2D eigenvalue weighted by Crippen LogP contribution is 2.35. The van der Waals surface area contributed by atoms with Crippen LogP contribution in [0.2, 0.25) is 10.3 Å². The molecular formula is C16H9BrCl2N2. The molecule has 0 amide bonds. The van der Waals surface area contributed by atoms with E-state index in [4.69, 9.17) is 23.2 Å². The molecule has 0 radical (unpaired) electrons. The lowest BCUT2D eigenvalue weighted by molar-refractivity contribution is 1.18. The average Bonchev–Trinajstić information content (AvgIpc) is 2.47. The summed E-state index contributed by atoms with van der Waals surface area (Å²) < 4.78 is 0.944. The summed E-state index contributed by atoms with van der Waals surface area (Å²) in [7, 11) is 0. The highest BCUT2D eigenvalue weighted by atomic mass is 79.9. The Balaban J connectivity index is 2.13. The maximum atomic E-state index is 6.32. The van der Waals surface area contributed by atoms with Gasteiger partial charge >= 0.3 is 0 Å². The van der Waals surface area contributed by atoms with Crippen LogP contribution in [-0.2, 0) is 0 Å². The Morgan fingerprint density at radius 2 is 1.38 bits per heavy atom. The van der Waals surface area contributed by atoms with Gasteiger partial charge in [-0.3, -0.25) is 0 Å². The molecule has 0 N–H and O–H groups in total. The van der Waals surface area contributed by atoms with Gasteiger partial charge in [0, 0.05) is 10.0 Å². The molecule has 0 saturated carbocycles. The Morgan fingerprint density at radius 1 is 0.762 bits per heavy atom. The van der Waals surface area contributed by atoms with E-state index in [0.29, 0.717) is 21.7 Å². The predicted molar refractivity (Wildman–Crippen MR) is 90.6 cm³/mol. The van der Waals surface area contributed by atoms with Crippen LogP contribution in [0.25, 0.3) is 22.5 Å². The first-order chi connectivity index (χ1) is 10.1. The van der Waals surface area contributed by atoms with Gasteiger partial charge < -0.3 is 0 Å². The van der Waals surface area contributed by atoms with Crippen molar-refractivity contribution >= 4 is 39.1 Å². The Labute approximate surface area is 140 Å². The van der Waals surface area contributed by atoms with E-state index in [1.807, 2.05) is 54.6 Å². The molecule has 0 spiro atoms. The zero-order valence-electron chi connectivity index (χ0n) is 10.7. The molecule has 0 aliphatic carbocycles. The SMILES string of the molecule is Clc1nc(-c2ccccc2)nc(Cl)c1-c1cccc(Br)c1. The standard InChI is InChI=1S/C16H9BrCl2N2/c17-12-8-4-7-11(9-12)13-14(18)20-16(21-15(13)19)10-5-2-1-3-6-10/h1-9H. The highest BCUT2D eigenvalue weighted by Gasteiger charge is 2.14. The number of rotatable bonds is 2. The Bertz CT molecular complexity index is 768. The van der Waals surface area contributed by atoms with Crippen LogP contribution < -0.4 is 0 Å². The molecule has 0 atom stereocenters. The predicted octanol–water partition coefficient (Wildman–Crippen LogP) is 5.88. The van der Waals surface area contributed by atoms with Crippen LogP contribution in [0.5, 0.6) is 0 Å². The van der Waals surface area contributed by atoms with E-state index in [1.54, 1.807) is 0 Å². The Kier molecular flexibility index (Phi) is 4.24. The summed E-state index contributed by atoms with van der Waals surface area (Å²) >= 11 is 16.1. The maximum Gasteiger partial charge on any atom is 0.162 e. The smallest absolute Gasteiger partial charge is 0.162 e. The van der Waals surface area contributed by atoms with E-state index in [9.17, 15) is 0 Å². The minimum Gasteiger partial charge on any atom is -0.216 e. The summed E-state index contributed by atoms with van der Waals surface area (Å²) in [5, 5.41) is 0.680. The molecule has 0 saturated heterocycles. The van der Waals surface area contributed by atoms with Crippen LogP contribution >= 0.6 is 39.1 Å². The van der Waals surface area contributed by atoms with E-state index in [0.717, 1.165) is 15.6 Å². The van der Waals surface area contributed by atoms with Crippen molar-refractivity contribution in [3.8, 4) is 22.5 Å². The molecule has 0 fully saturated rings. The quantitative estimate of drug-likeness (QED) is 0.519. The minimum atomic E-state index is 0.340. The van der Waals surface area contributed by atoms with Gasteiger partial charge in [0.05, 0.1) is 5.56 Å². The van der Waals surface area contributed by atoms with Crippen molar-refractivity contribution < 1.29 is 0 Å². The van der Waals surface area contributed by atoms with Crippen molar-refractivity contribution in [1.29, 1.82) is 0 Å². The van der Waals surface area contributed by atoms with Crippen molar-refractivity contribution in [1.82, 2.24) is 9.97 Å². The second-order valence-corrected chi connectivity index (χ2v) is 6.01. The summed E-state index contributed by atoms with van der Waals surface area (Å²) in [6.07, 6.45) is 0. The number of halogens is 3. The van der Waals surface area contributed by atoms with Gasteiger partial charge in [0.15, 0.2) is 5.82 Å². The van der Waals surface area contributed by atoms with Gasteiger partial charge in [0.1, 0.15) is 10.3 Å². The van der Waals surface area contributed by atoms with Crippen LogP contribution in [0.15, 0.2) is 59.1 Å². The monoisotopic (exact) mass is 378 g/mol. The summed E-state index contributed by atoms with van der Waals surface area (Å²) in [6, 6.07) is 17.3. The maximum absolute atomic E-state index is 6.32. The molecule has 2 nitrogen and oxygen atoms in total. The molecule has 1 heterocycles. The number of benzene rings is 2. The van der Waals surface area contributed by atoms with Crippen molar-refractivity contribution in [2.45, 2.75) is 0 Å². The molecule has 0 unspecified atom stereocenters. The van der Waals surface area contributed by atoms with Gasteiger partial charge in [-0.2, -0.15) is 0 Å². The molecule has 2 aromatic carbocycles. The molecule has 3 aromatic rings. The highest BCUT2D eigenvalue weighted by molar-refractivity contribution is 9.10. The van der Waals surface area contributed by atoms with Gasteiger partial charge in [-0.1, -0.05) is 81.6 Å². The molecule has 104 valence electrons. The first-order valence-electron chi connectivity index (χ1n) is 6.19. The fraction of sp³-hybridized carbons (Fsp3) is 0. The lowest BCUT2D eigenvalue weighted by atomic mass is 10.1. The molecule has 5 heteroatoms. The van der Waals surface area contributed by atoms with Crippen LogP contribution in [0.3, 0.4) is 0 Å². The van der Waals surface area contributed by atoms with Crippen LogP contribution in [0.4, 0.5) is 0 Å². The molecule has 0 bridgehead atoms. The summed E-state index contributed by atoms with van der Waals surface area (Å²) in [6.45, 7) is 0.